The minimum absolute atomic E-state index is 0.00674. The number of aliphatic imine (C=N–C) groups is 1. The van der Waals surface area contributed by atoms with Crippen LogP contribution in [0.5, 0.6) is 5.75 Å². The summed E-state index contributed by atoms with van der Waals surface area (Å²) in [5.74, 6) is -0.411. The molecule has 2 heterocycles. The van der Waals surface area contributed by atoms with Gasteiger partial charge in [-0.1, -0.05) is 32.0 Å². The third-order valence-electron chi connectivity index (χ3n) is 7.47. The second-order valence-electron chi connectivity index (χ2n) is 10.5. The van der Waals surface area contributed by atoms with E-state index in [0.29, 0.717) is 23.5 Å². The lowest BCUT2D eigenvalue weighted by molar-refractivity contribution is -0.125. The van der Waals surface area contributed by atoms with Gasteiger partial charge in [-0.3, -0.25) is 19.5 Å². The van der Waals surface area contributed by atoms with Gasteiger partial charge in [0.15, 0.2) is 5.75 Å². The second-order valence-corrected chi connectivity index (χ2v) is 12.6. The van der Waals surface area contributed by atoms with E-state index >= 15 is 0 Å². The van der Waals surface area contributed by atoms with E-state index in [-0.39, 0.29) is 68.3 Å². The Kier molecular flexibility index (Phi) is 8.91. The molecule has 2 aromatic carbocycles. The largest absolute Gasteiger partial charge is 0.395 e. The molecule has 1 saturated heterocycles. The first-order chi connectivity index (χ1) is 19.0. The summed E-state index contributed by atoms with van der Waals surface area (Å²) in [4.78, 5) is 35.3. The Balaban J connectivity index is 1.40. The molecule has 0 aliphatic carbocycles. The molecule has 0 bridgehead atoms. The number of halogens is 1. The van der Waals surface area contributed by atoms with Crippen molar-refractivity contribution < 1.29 is 32.6 Å². The maximum Gasteiger partial charge on any atom is 0.253 e. The van der Waals surface area contributed by atoms with Crippen LogP contribution in [0.4, 0.5) is 10.2 Å². The highest BCUT2D eigenvalue weighted by Gasteiger charge is 2.47. The maximum absolute atomic E-state index is 13.2. The summed E-state index contributed by atoms with van der Waals surface area (Å²) >= 11 is 0. The van der Waals surface area contributed by atoms with Gasteiger partial charge in [0.05, 0.1) is 12.4 Å². The highest BCUT2D eigenvalue weighted by Crippen LogP contribution is 2.33. The molecular weight excluding hydrogens is 539 g/mol. The third-order valence-corrected chi connectivity index (χ3v) is 9.34. The average molecular weight is 575 g/mol. The molecule has 12 heteroatoms. The first kappa shape index (κ1) is 29.6. The summed E-state index contributed by atoms with van der Waals surface area (Å²) in [6.45, 7) is 5.81. The van der Waals surface area contributed by atoms with Crippen molar-refractivity contribution in [3.63, 3.8) is 0 Å². The van der Waals surface area contributed by atoms with Gasteiger partial charge < -0.3 is 15.3 Å². The Bertz CT molecular complexity index is 1400. The lowest BCUT2D eigenvalue weighted by Gasteiger charge is -2.34. The molecule has 1 spiro atoms. The van der Waals surface area contributed by atoms with Crippen molar-refractivity contribution in [2.45, 2.75) is 45.6 Å². The molecule has 0 aromatic heterocycles. The quantitative estimate of drug-likeness (QED) is 0.449. The fraction of sp³-hybridized carbons (Fsp3) is 0.464. The molecule has 2 N–H and O–H groups in total. The van der Waals surface area contributed by atoms with Crippen LogP contribution in [0.3, 0.4) is 0 Å². The number of nitrogens with zero attached hydrogens (tertiary/aromatic N) is 3. The topological polar surface area (TPSA) is 129 Å². The standard InChI is InChI=1S/C28H35FN4O6S/c1-19(2)26(35)33(14-15-34)23-8-7-21(20(3)17-23)9-16-40(37,38)32-12-10-28(11-13-32)27(36)30-25(31-28)22-5-4-6-24(18-22)39-29/h4-8,17-19,34H,9-16H2,1-3H3,(H,30,31,36). The Morgan fingerprint density at radius 2 is 1.95 bits per heavy atom. The van der Waals surface area contributed by atoms with Gasteiger partial charge in [-0.15, -0.1) is 0 Å². The summed E-state index contributed by atoms with van der Waals surface area (Å²) in [6.07, 6.45) is 0.766. The number of aliphatic hydroxyl groups is 1. The highest BCUT2D eigenvalue weighted by molar-refractivity contribution is 7.89. The van der Waals surface area contributed by atoms with Crippen molar-refractivity contribution in [2.24, 2.45) is 10.9 Å². The van der Waals surface area contributed by atoms with Gasteiger partial charge in [0, 0.05) is 41.3 Å². The van der Waals surface area contributed by atoms with Gasteiger partial charge in [0.1, 0.15) is 11.4 Å². The van der Waals surface area contributed by atoms with E-state index in [1.807, 2.05) is 19.1 Å². The number of aliphatic hydroxyl groups excluding tert-OH is 1. The van der Waals surface area contributed by atoms with Crippen LogP contribution in [0.25, 0.3) is 0 Å². The van der Waals surface area contributed by atoms with Crippen LogP contribution in [0.2, 0.25) is 0 Å². The van der Waals surface area contributed by atoms with Gasteiger partial charge in [0.2, 0.25) is 15.9 Å². The van der Waals surface area contributed by atoms with Crippen LogP contribution in [0.15, 0.2) is 47.5 Å². The number of rotatable bonds is 10. The van der Waals surface area contributed by atoms with Crippen LogP contribution in [0.1, 0.15) is 43.4 Å². The zero-order valence-electron chi connectivity index (χ0n) is 22.9. The van der Waals surface area contributed by atoms with Crippen molar-refractivity contribution in [1.82, 2.24) is 9.62 Å². The van der Waals surface area contributed by atoms with Gasteiger partial charge in [0.25, 0.3) is 5.91 Å². The number of carbonyl (C=O) groups excluding carboxylic acids is 2. The van der Waals surface area contributed by atoms with Crippen molar-refractivity contribution in [3.05, 3.63) is 59.2 Å². The molecular formula is C28H35FN4O6S. The summed E-state index contributed by atoms with van der Waals surface area (Å²) in [6, 6.07) is 11.6. The molecule has 40 heavy (non-hydrogen) atoms. The van der Waals surface area contributed by atoms with Crippen LogP contribution in [0, 0.1) is 12.8 Å². The number of hydrogen-bond acceptors (Lipinski definition) is 7. The predicted octanol–water partition coefficient (Wildman–Crippen LogP) is 2.52. The first-order valence-corrected chi connectivity index (χ1v) is 14.9. The molecule has 1 fully saturated rings. The zero-order chi connectivity index (χ0) is 29.1. The average Bonchev–Trinajstić information content (AvgIpc) is 3.25. The molecule has 10 nitrogen and oxygen atoms in total. The molecule has 2 aliphatic heterocycles. The fourth-order valence-electron chi connectivity index (χ4n) is 5.09. The van der Waals surface area contributed by atoms with Gasteiger partial charge in [-0.2, -0.15) is 0 Å². The number of amidine groups is 1. The summed E-state index contributed by atoms with van der Waals surface area (Å²) in [5.41, 5.74) is 1.82. The summed E-state index contributed by atoms with van der Waals surface area (Å²) < 4.78 is 40.4. The van der Waals surface area contributed by atoms with E-state index in [1.165, 1.54) is 16.4 Å². The van der Waals surface area contributed by atoms with Crippen LogP contribution < -0.4 is 15.2 Å². The smallest absolute Gasteiger partial charge is 0.253 e. The van der Waals surface area contributed by atoms with E-state index in [2.05, 4.69) is 15.3 Å². The third kappa shape index (κ3) is 6.18. The molecule has 0 atom stereocenters. The van der Waals surface area contributed by atoms with E-state index in [0.717, 1.165) is 11.1 Å². The predicted molar refractivity (Wildman–Crippen MR) is 149 cm³/mol. The second kappa shape index (κ2) is 12.0. The molecule has 0 radical (unpaired) electrons. The van der Waals surface area contributed by atoms with Crippen LogP contribution in [-0.2, 0) is 26.0 Å². The first-order valence-electron chi connectivity index (χ1n) is 13.3. The fourth-order valence-corrected chi connectivity index (χ4v) is 6.57. The van der Waals surface area contributed by atoms with Gasteiger partial charge in [-0.25, -0.2) is 12.7 Å². The molecule has 216 valence electrons. The van der Waals surface area contributed by atoms with Crippen LogP contribution >= 0.6 is 0 Å². The number of carbonyl (C=O) groups is 2. The lowest BCUT2D eigenvalue weighted by atomic mass is 9.89. The Morgan fingerprint density at radius 1 is 1.23 bits per heavy atom. The number of sulfonamides is 1. The lowest BCUT2D eigenvalue weighted by Crippen LogP contribution is -2.50. The number of hydrogen-bond donors (Lipinski definition) is 2. The molecule has 0 unspecified atom stereocenters. The number of amides is 2. The number of nitrogens with one attached hydrogen (secondary N) is 1. The van der Waals surface area contributed by atoms with E-state index in [4.69, 9.17) is 0 Å². The van der Waals surface area contributed by atoms with Crippen molar-refractivity contribution >= 4 is 33.4 Å². The van der Waals surface area contributed by atoms with E-state index < -0.39 is 15.6 Å². The minimum atomic E-state index is -3.60. The Labute approximate surface area is 233 Å². The van der Waals surface area contributed by atoms with Crippen LogP contribution in [-0.4, -0.2) is 73.0 Å². The number of piperidine rings is 1. The number of benzene rings is 2. The van der Waals surface area contributed by atoms with E-state index in [9.17, 15) is 27.6 Å². The maximum atomic E-state index is 13.2. The molecule has 0 saturated carbocycles. The summed E-state index contributed by atoms with van der Waals surface area (Å²) in [7, 11) is -3.60. The van der Waals surface area contributed by atoms with Gasteiger partial charge in [-0.05, 0) is 61.6 Å². The number of anilines is 1. The SMILES string of the molecule is Cc1cc(N(CCO)C(=O)C(C)C)ccc1CCS(=O)(=O)N1CCC2(CC1)N=C(c1cccc(OF)c1)NC2=O. The Morgan fingerprint density at radius 3 is 2.58 bits per heavy atom. The van der Waals surface area contributed by atoms with Gasteiger partial charge >= 0.3 is 0 Å². The zero-order valence-corrected chi connectivity index (χ0v) is 23.7. The molecule has 2 aromatic rings. The molecule has 2 amide bonds. The Hall–Kier alpha value is -3.35. The molecule has 4 rings (SSSR count). The number of aryl methyl sites for hydroxylation is 2. The summed E-state index contributed by atoms with van der Waals surface area (Å²) in [5, 5.41) is 12.2. The van der Waals surface area contributed by atoms with Crippen molar-refractivity contribution in [2.75, 3.05) is 36.9 Å². The van der Waals surface area contributed by atoms with E-state index in [1.54, 1.807) is 36.9 Å². The van der Waals surface area contributed by atoms with Crippen molar-refractivity contribution in [3.8, 4) is 5.75 Å². The highest BCUT2D eigenvalue weighted by atomic mass is 32.2. The minimum Gasteiger partial charge on any atom is -0.395 e. The normalized spacial score (nSPS) is 17.1. The monoisotopic (exact) mass is 574 g/mol. The molecule has 2 aliphatic rings. The van der Waals surface area contributed by atoms with Crippen molar-refractivity contribution in [1.29, 1.82) is 0 Å².